The molecule has 4 rings (SSSR count). The van der Waals surface area contributed by atoms with E-state index in [4.69, 9.17) is 14.9 Å². The van der Waals surface area contributed by atoms with Crippen molar-refractivity contribution in [1.82, 2.24) is 19.5 Å². The first kappa shape index (κ1) is 14.7. The van der Waals surface area contributed by atoms with Gasteiger partial charge in [-0.2, -0.15) is 0 Å². The summed E-state index contributed by atoms with van der Waals surface area (Å²) in [6.07, 6.45) is 6.40. The van der Waals surface area contributed by atoms with Crippen LogP contribution in [0, 0.1) is 0 Å². The number of aromatic nitrogens is 4. The Labute approximate surface area is 139 Å². The second kappa shape index (κ2) is 6.34. The molecule has 0 aliphatic carbocycles. The van der Waals surface area contributed by atoms with Crippen molar-refractivity contribution >= 4 is 37.3 Å². The van der Waals surface area contributed by atoms with Crippen molar-refractivity contribution in [3.63, 3.8) is 0 Å². The van der Waals surface area contributed by atoms with Gasteiger partial charge in [0.25, 0.3) is 0 Å². The Balaban J connectivity index is 1.67. The van der Waals surface area contributed by atoms with Crippen LogP contribution < -0.4 is 10.2 Å². The van der Waals surface area contributed by atoms with Crippen LogP contribution in [0.5, 0.6) is 0 Å². The van der Waals surface area contributed by atoms with E-state index in [1.54, 1.807) is 12.6 Å². The van der Waals surface area contributed by atoms with Gasteiger partial charge in [-0.3, -0.25) is 0 Å². The minimum absolute atomic E-state index is 0.0680. The maximum absolute atomic E-state index is 6.14. The van der Waals surface area contributed by atoms with Crippen molar-refractivity contribution in [3.8, 4) is 0 Å². The van der Waals surface area contributed by atoms with E-state index in [0.29, 0.717) is 5.95 Å². The minimum atomic E-state index is -0.512. The topological polar surface area (TPSA) is 92.0 Å². The molecule has 0 radical (unpaired) electrons. The Bertz CT molecular complexity index is 796. The number of ether oxygens (including phenoxy) is 1. The molecular weight excluding hydrogens is 357 g/mol. The SMILES string of the molecule is Nc1nc2c([AsH]Cc3ccco3)ncnc2n1C1CCCCO1. The van der Waals surface area contributed by atoms with Crippen molar-refractivity contribution < 1.29 is 9.15 Å². The molecule has 0 aromatic carbocycles. The summed E-state index contributed by atoms with van der Waals surface area (Å²) in [6.45, 7) is 0.758. The van der Waals surface area contributed by atoms with E-state index in [2.05, 4.69) is 15.0 Å². The van der Waals surface area contributed by atoms with Gasteiger partial charge in [-0.15, -0.1) is 0 Å². The van der Waals surface area contributed by atoms with Gasteiger partial charge in [-0.1, -0.05) is 0 Å². The first-order chi connectivity index (χ1) is 11.3. The van der Waals surface area contributed by atoms with Crippen molar-refractivity contribution in [3.05, 3.63) is 30.5 Å². The number of hydrogen-bond donors (Lipinski definition) is 1. The molecule has 0 saturated carbocycles. The Morgan fingerprint density at radius 2 is 2.30 bits per heavy atom. The molecule has 0 bridgehead atoms. The Hall–Kier alpha value is -1.85. The number of fused-ring (bicyclic) bond motifs is 1. The molecule has 8 heteroatoms. The first-order valence-corrected chi connectivity index (χ1v) is 10.2. The summed E-state index contributed by atoms with van der Waals surface area (Å²) in [5.41, 5.74) is 7.73. The Kier molecular flexibility index (Phi) is 4.06. The van der Waals surface area contributed by atoms with Gasteiger partial charge >= 0.3 is 140 Å². The molecule has 120 valence electrons. The number of hydrogen-bond acceptors (Lipinski definition) is 6. The zero-order chi connectivity index (χ0) is 15.6. The van der Waals surface area contributed by atoms with Crippen molar-refractivity contribution in [2.75, 3.05) is 12.3 Å². The quantitative estimate of drug-likeness (QED) is 0.683. The van der Waals surface area contributed by atoms with Crippen LogP contribution in [-0.2, 0) is 9.95 Å². The van der Waals surface area contributed by atoms with Crippen molar-refractivity contribution in [1.29, 1.82) is 0 Å². The fourth-order valence-corrected chi connectivity index (χ4v) is 5.01. The number of nitrogens with two attached hydrogens (primary N) is 1. The summed E-state index contributed by atoms with van der Waals surface area (Å²) in [6, 6.07) is 3.90. The summed E-state index contributed by atoms with van der Waals surface area (Å²) in [5, 5.41) is 0.895. The second-order valence-electron chi connectivity index (χ2n) is 5.49. The molecule has 0 spiro atoms. The molecule has 1 fully saturated rings. The molecule has 3 aromatic rings. The second-order valence-corrected chi connectivity index (χ2v) is 7.97. The van der Waals surface area contributed by atoms with Crippen LogP contribution in [0.25, 0.3) is 11.2 Å². The van der Waals surface area contributed by atoms with Gasteiger partial charge < -0.3 is 0 Å². The van der Waals surface area contributed by atoms with Crippen LogP contribution in [0.1, 0.15) is 31.3 Å². The summed E-state index contributed by atoms with van der Waals surface area (Å²) in [7, 11) is 0. The van der Waals surface area contributed by atoms with E-state index in [1.807, 2.05) is 16.7 Å². The van der Waals surface area contributed by atoms with Gasteiger partial charge in [0.15, 0.2) is 0 Å². The first-order valence-electron chi connectivity index (χ1n) is 7.69. The molecule has 1 aliphatic heterocycles. The summed E-state index contributed by atoms with van der Waals surface area (Å²) in [4.78, 5) is 13.4. The fourth-order valence-electron chi connectivity index (χ4n) is 2.85. The van der Waals surface area contributed by atoms with Crippen molar-refractivity contribution in [2.24, 2.45) is 0 Å². The van der Waals surface area contributed by atoms with Crippen LogP contribution in [0.2, 0.25) is 0 Å². The van der Waals surface area contributed by atoms with E-state index in [9.17, 15) is 0 Å². The van der Waals surface area contributed by atoms with E-state index < -0.39 is 15.8 Å². The van der Waals surface area contributed by atoms with Crippen LogP contribution in [0.15, 0.2) is 29.1 Å². The van der Waals surface area contributed by atoms with E-state index in [-0.39, 0.29) is 6.23 Å². The predicted molar refractivity (Wildman–Crippen MR) is 87.8 cm³/mol. The number of nitrogens with zero attached hydrogens (tertiary/aromatic N) is 4. The van der Waals surface area contributed by atoms with Gasteiger partial charge in [0.2, 0.25) is 0 Å². The zero-order valence-corrected chi connectivity index (χ0v) is 14.7. The standard InChI is InChI=1S/C15H18AsN5O2/c17-15-20-12-13(16-8-10-4-3-7-22-10)18-9-19-14(12)21(15)11-5-1-2-6-23-11/h3-4,7,9,11,16H,1-2,5-6,8H2,(H2,17,20). The van der Waals surface area contributed by atoms with E-state index >= 15 is 0 Å². The molecule has 2 unspecified atom stereocenters. The summed E-state index contributed by atoms with van der Waals surface area (Å²) < 4.78 is 14.2. The maximum atomic E-state index is 6.14. The van der Waals surface area contributed by atoms with E-state index in [1.165, 1.54) is 0 Å². The summed E-state index contributed by atoms with van der Waals surface area (Å²) in [5.74, 6) is 1.44. The van der Waals surface area contributed by atoms with Crippen molar-refractivity contribution in [2.45, 2.75) is 30.7 Å². The molecule has 3 aromatic heterocycles. The Morgan fingerprint density at radius 1 is 1.35 bits per heavy atom. The van der Waals surface area contributed by atoms with Gasteiger partial charge in [0.05, 0.1) is 0 Å². The third-order valence-electron chi connectivity index (χ3n) is 3.96. The molecule has 0 amide bonds. The number of nitrogen functional groups attached to an aromatic ring is 1. The molecule has 2 N–H and O–H groups in total. The molecule has 1 saturated heterocycles. The van der Waals surface area contributed by atoms with Gasteiger partial charge in [0.1, 0.15) is 0 Å². The predicted octanol–water partition coefficient (Wildman–Crippen LogP) is 0.963. The zero-order valence-electron chi connectivity index (χ0n) is 12.6. The van der Waals surface area contributed by atoms with Crippen LogP contribution in [0.3, 0.4) is 0 Å². The number of rotatable bonds is 4. The number of imidazole rings is 1. The average molecular weight is 375 g/mol. The molecule has 1 aliphatic rings. The van der Waals surface area contributed by atoms with Crippen LogP contribution in [0.4, 0.5) is 5.95 Å². The third kappa shape index (κ3) is 2.86. The van der Waals surface area contributed by atoms with Crippen LogP contribution >= 0.6 is 0 Å². The monoisotopic (exact) mass is 375 g/mol. The molecule has 23 heavy (non-hydrogen) atoms. The third-order valence-corrected chi connectivity index (χ3v) is 6.53. The molecule has 7 nitrogen and oxygen atoms in total. The summed E-state index contributed by atoms with van der Waals surface area (Å²) >= 11 is -0.512. The fraction of sp³-hybridized carbons (Fsp3) is 0.400. The normalized spacial score (nSPS) is 19.0. The number of furan rings is 1. The molecular formula is C15H18AsN5O2. The average Bonchev–Trinajstić information content (AvgIpc) is 3.20. The Morgan fingerprint density at radius 3 is 3.09 bits per heavy atom. The molecule has 4 heterocycles. The molecule has 2 atom stereocenters. The van der Waals surface area contributed by atoms with Gasteiger partial charge in [-0.25, -0.2) is 0 Å². The van der Waals surface area contributed by atoms with Gasteiger partial charge in [0, 0.05) is 0 Å². The van der Waals surface area contributed by atoms with Crippen LogP contribution in [-0.4, -0.2) is 41.9 Å². The van der Waals surface area contributed by atoms with Gasteiger partial charge in [-0.05, 0) is 0 Å². The van der Waals surface area contributed by atoms with E-state index in [0.717, 1.165) is 52.5 Å². The number of anilines is 1.